The van der Waals surface area contributed by atoms with Crippen LogP contribution in [0.4, 0.5) is 0 Å². The van der Waals surface area contributed by atoms with Gasteiger partial charge in [0.25, 0.3) is 0 Å². The van der Waals surface area contributed by atoms with E-state index in [4.69, 9.17) is 9.47 Å². The monoisotopic (exact) mass is 362 g/mol. The van der Waals surface area contributed by atoms with Crippen molar-refractivity contribution in [2.24, 2.45) is 0 Å². The first-order valence-electron chi connectivity index (χ1n) is 8.54. The van der Waals surface area contributed by atoms with Crippen LogP contribution < -0.4 is 14.8 Å². The van der Waals surface area contributed by atoms with E-state index < -0.39 is 6.10 Å². The zero-order chi connectivity index (χ0) is 18.8. The molecule has 1 aromatic carbocycles. The van der Waals surface area contributed by atoms with Crippen molar-refractivity contribution in [3.8, 4) is 11.5 Å². The highest BCUT2D eigenvalue weighted by Gasteiger charge is 2.14. The molecule has 0 saturated carbocycles. The van der Waals surface area contributed by atoms with Crippen molar-refractivity contribution in [2.75, 3.05) is 26.3 Å². The topological polar surface area (TPSA) is 104 Å². The Morgan fingerprint density at radius 3 is 2.58 bits per heavy atom. The molecule has 0 saturated heterocycles. The van der Waals surface area contributed by atoms with E-state index in [2.05, 4.69) is 10.3 Å². The quantitative estimate of drug-likeness (QED) is 0.438. The summed E-state index contributed by atoms with van der Waals surface area (Å²) in [4.78, 5) is 4.14. The number of rotatable bonds is 11. The summed E-state index contributed by atoms with van der Waals surface area (Å²) in [5.74, 6) is 1.21. The Morgan fingerprint density at radius 2 is 1.88 bits per heavy atom. The second-order valence-electron chi connectivity index (χ2n) is 5.82. The van der Waals surface area contributed by atoms with Crippen LogP contribution in [-0.4, -0.2) is 52.7 Å². The lowest BCUT2D eigenvalue weighted by Crippen LogP contribution is -2.33. The molecule has 7 heteroatoms. The molecule has 0 radical (unpaired) electrons. The molecule has 2 rings (SSSR count). The van der Waals surface area contributed by atoms with Gasteiger partial charge in [-0.2, -0.15) is 0 Å². The Labute approximate surface area is 153 Å². The molecule has 4 N–H and O–H groups in total. The molecule has 0 amide bonds. The summed E-state index contributed by atoms with van der Waals surface area (Å²) in [5, 5.41) is 32.0. The fourth-order valence-corrected chi connectivity index (χ4v) is 2.44. The number of hydrogen-bond acceptors (Lipinski definition) is 7. The predicted octanol–water partition coefficient (Wildman–Crippen LogP) is 0.783. The van der Waals surface area contributed by atoms with E-state index >= 15 is 0 Å². The van der Waals surface area contributed by atoms with Gasteiger partial charge in [0.1, 0.15) is 30.8 Å². The highest BCUT2D eigenvalue weighted by molar-refractivity contribution is 5.41. The van der Waals surface area contributed by atoms with Gasteiger partial charge in [0.05, 0.1) is 18.9 Å². The molecule has 7 nitrogen and oxygen atoms in total. The number of benzene rings is 1. The number of pyridine rings is 1. The van der Waals surface area contributed by atoms with Crippen molar-refractivity contribution in [1.82, 2.24) is 10.3 Å². The van der Waals surface area contributed by atoms with Crippen molar-refractivity contribution in [3.05, 3.63) is 53.3 Å². The third-order valence-electron chi connectivity index (χ3n) is 3.82. The summed E-state index contributed by atoms with van der Waals surface area (Å²) < 4.78 is 11.2. The lowest BCUT2D eigenvalue weighted by molar-refractivity contribution is 0.103. The third-order valence-corrected chi connectivity index (χ3v) is 3.82. The molecule has 142 valence electrons. The van der Waals surface area contributed by atoms with Crippen molar-refractivity contribution in [1.29, 1.82) is 0 Å². The van der Waals surface area contributed by atoms with E-state index in [1.165, 1.54) is 6.20 Å². The molecule has 1 aromatic heterocycles. The number of hydrogen-bond donors (Lipinski definition) is 4. The fraction of sp³-hybridized carbons (Fsp3) is 0.421. The molecule has 0 fully saturated rings. The first kappa shape index (κ1) is 20.1. The van der Waals surface area contributed by atoms with Gasteiger partial charge in [-0.15, -0.1) is 0 Å². The zero-order valence-electron chi connectivity index (χ0n) is 14.9. The summed E-state index contributed by atoms with van der Waals surface area (Å²) in [5.41, 5.74) is 1.61. The Hall–Kier alpha value is -2.19. The van der Waals surface area contributed by atoms with Gasteiger partial charge in [0.15, 0.2) is 0 Å². The molecule has 0 bridgehead atoms. The predicted molar refractivity (Wildman–Crippen MR) is 97.1 cm³/mol. The maximum absolute atomic E-state index is 10.0. The molecule has 1 unspecified atom stereocenters. The van der Waals surface area contributed by atoms with Gasteiger partial charge in [-0.05, 0) is 19.1 Å². The van der Waals surface area contributed by atoms with Crippen molar-refractivity contribution in [2.45, 2.75) is 26.2 Å². The van der Waals surface area contributed by atoms with Crippen LogP contribution in [0.25, 0.3) is 0 Å². The average Bonchev–Trinajstić information content (AvgIpc) is 2.67. The summed E-state index contributed by atoms with van der Waals surface area (Å²) in [7, 11) is 0. The number of aliphatic hydroxyl groups excluding tert-OH is 3. The van der Waals surface area contributed by atoms with Crippen LogP contribution in [0, 0.1) is 6.92 Å². The first-order valence-corrected chi connectivity index (χ1v) is 8.54. The van der Waals surface area contributed by atoms with Gasteiger partial charge < -0.3 is 30.1 Å². The van der Waals surface area contributed by atoms with Crippen LogP contribution >= 0.6 is 0 Å². The standard InChI is InChI=1S/C19H26N2O5/c1-14-19(18(12-23)15(11-22)9-21-14)26-13-16(24)10-20-7-8-25-17-5-3-2-4-6-17/h2-6,9,16,20,22-24H,7-8,10-13H2,1H3. The highest BCUT2D eigenvalue weighted by Crippen LogP contribution is 2.25. The van der Waals surface area contributed by atoms with Crippen molar-refractivity contribution >= 4 is 0 Å². The van der Waals surface area contributed by atoms with Crippen LogP contribution in [0.5, 0.6) is 11.5 Å². The Morgan fingerprint density at radius 1 is 1.12 bits per heavy atom. The number of aliphatic hydroxyl groups is 3. The summed E-state index contributed by atoms with van der Waals surface area (Å²) in [6.45, 7) is 2.74. The Bertz CT molecular complexity index is 666. The second-order valence-corrected chi connectivity index (χ2v) is 5.82. The highest BCUT2D eigenvalue weighted by atomic mass is 16.5. The van der Waals surface area contributed by atoms with Crippen LogP contribution in [-0.2, 0) is 13.2 Å². The largest absolute Gasteiger partial charge is 0.492 e. The average molecular weight is 362 g/mol. The molecular weight excluding hydrogens is 336 g/mol. The smallest absolute Gasteiger partial charge is 0.146 e. The number of para-hydroxylation sites is 1. The number of aryl methyl sites for hydroxylation is 1. The molecule has 26 heavy (non-hydrogen) atoms. The number of nitrogens with zero attached hydrogens (tertiary/aromatic N) is 1. The maximum Gasteiger partial charge on any atom is 0.146 e. The van der Waals surface area contributed by atoms with Crippen LogP contribution in [0.1, 0.15) is 16.8 Å². The van der Waals surface area contributed by atoms with Gasteiger partial charge in [0, 0.05) is 30.4 Å². The van der Waals surface area contributed by atoms with E-state index in [1.54, 1.807) is 6.92 Å². The van der Waals surface area contributed by atoms with Gasteiger partial charge in [-0.25, -0.2) is 0 Å². The third kappa shape index (κ3) is 5.96. The van der Waals surface area contributed by atoms with E-state index in [1.807, 2.05) is 30.3 Å². The number of ether oxygens (including phenoxy) is 2. The van der Waals surface area contributed by atoms with Crippen LogP contribution in [0.3, 0.4) is 0 Å². The van der Waals surface area contributed by atoms with Crippen LogP contribution in [0.2, 0.25) is 0 Å². The van der Waals surface area contributed by atoms with E-state index in [0.29, 0.717) is 42.3 Å². The molecule has 0 aliphatic heterocycles. The van der Waals surface area contributed by atoms with Crippen molar-refractivity contribution in [3.63, 3.8) is 0 Å². The van der Waals surface area contributed by atoms with Gasteiger partial charge in [-0.3, -0.25) is 4.98 Å². The maximum atomic E-state index is 10.0. The SMILES string of the molecule is Cc1ncc(CO)c(CO)c1OCC(O)CNCCOc1ccccc1. The lowest BCUT2D eigenvalue weighted by Gasteiger charge is -2.18. The minimum absolute atomic E-state index is 0.0525. The van der Waals surface area contributed by atoms with Crippen molar-refractivity contribution < 1.29 is 24.8 Å². The normalized spacial score (nSPS) is 12.0. The minimum atomic E-state index is -0.726. The molecule has 2 aromatic rings. The molecule has 1 heterocycles. The summed E-state index contributed by atoms with van der Waals surface area (Å²) in [6, 6.07) is 9.52. The number of aromatic nitrogens is 1. The Balaban J connectivity index is 1.72. The Kier molecular flexibility index (Phi) is 8.30. The van der Waals surface area contributed by atoms with Crippen LogP contribution in [0.15, 0.2) is 36.5 Å². The van der Waals surface area contributed by atoms with E-state index in [-0.39, 0.29) is 19.8 Å². The minimum Gasteiger partial charge on any atom is -0.492 e. The van der Waals surface area contributed by atoms with E-state index in [0.717, 1.165) is 5.75 Å². The first-order chi connectivity index (χ1) is 12.7. The molecule has 0 aliphatic carbocycles. The molecular formula is C19H26N2O5. The second kappa shape index (κ2) is 10.7. The molecule has 0 aliphatic rings. The van der Waals surface area contributed by atoms with Gasteiger partial charge in [-0.1, -0.05) is 18.2 Å². The van der Waals surface area contributed by atoms with E-state index in [9.17, 15) is 15.3 Å². The van der Waals surface area contributed by atoms with Gasteiger partial charge in [0.2, 0.25) is 0 Å². The molecule has 1 atom stereocenters. The molecule has 0 spiro atoms. The summed E-state index contributed by atoms with van der Waals surface area (Å²) >= 11 is 0. The lowest BCUT2D eigenvalue weighted by atomic mass is 10.1. The fourth-order valence-electron chi connectivity index (χ4n) is 2.44. The summed E-state index contributed by atoms with van der Waals surface area (Å²) in [6.07, 6.45) is 0.786. The number of nitrogens with one attached hydrogen (secondary N) is 1. The zero-order valence-corrected chi connectivity index (χ0v) is 14.9. The van der Waals surface area contributed by atoms with Gasteiger partial charge >= 0.3 is 0 Å².